The van der Waals surface area contributed by atoms with E-state index < -0.39 is 28.9 Å². The Morgan fingerprint density at radius 1 is 1.22 bits per heavy atom. The summed E-state index contributed by atoms with van der Waals surface area (Å²) in [5.74, 6) is -0.282. The van der Waals surface area contributed by atoms with Crippen LogP contribution in [0.4, 0.5) is 17.6 Å². The standard InChI is InChI=1S/C9H8Cl2F4O3/c10-8(12,13)7(17,9(11,14)15)4-5(16)6-2-1-3-18-6/h1-3,5,16-17H,4H2. The largest absolute Gasteiger partial charge is 0.467 e. The molecule has 0 radical (unpaired) electrons. The average Bonchev–Trinajstić information content (AvgIpc) is 2.66. The minimum atomic E-state index is -4.74. The van der Waals surface area contributed by atoms with Gasteiger partial charge in [-0.15, -0.1) is 0 Å². The maximum atomic E-state index is 12.9. The van der Waals surface area contributed by atoms with Crippen molar-refractivity contribution < 1.29 is 32.2 Å². The number of halogens is 6. The second-order valence-electron chi connectivity index (χ2n) is 3.59. The first-order chi connectivity index (χ1) is 7.99. The maximum Gasteiger partial charge on any atom is 0.357 e. The molecule has 0 aliphatic carbocycles. The molecular weight excluding hydrogens is 303 g/mol. The molecular formula is C9H8Cl2F4O3. The van der Waals surface area contributed by atoms with Crippen LogP contribution in [0.1, 0.15) is 18.3 Å². The van der Waals surface area contributed by atoms with Gasteiger partial charge in [0.05, 0.1) is 6.26 Å². The Labute approximate surface area is 109 Å². The van der Waals surface area contributed by atoms with Gasteiger partial charge in [0.15, 0.2) is 0 Å². The Morgan fingerprint density at radius 3 is 2.06 bits per heavy atom. The van der Waals surface area contributed by atoms with Crippen LogP contribution in [0.25, 0.3) is 0 Å². The lowest BCUT2D eigenvalue weighted by Crippen LogP contribution is -2.56. The van der Waals surface area contributed by atoms with Gasteiger partial charge < -0.3 is 14.6 Å². The summed E-state index contributed by atoms with van der Waals surface area (Å²) in [7, 11) is 0. The summed E-state index contributed by atoms with van der Waals surface area (Å²) in [5, 5.41) is 9.23. The first-order valence-electron chi connectivity index (χ1n) is 4.56. The summed E-state index contributed by atoms with van der Waals surface area (Å²) in [6.45, 7) is 0. The molecule has 0 aliphatic rings. The minimum Gasteiger partial charge on any atom is -0.467 e. The Kier molecular flexibility index (Phi) is 4.22. The van der Waals surface area contributed by atoms with Crippen LogP contribution in [0.5, 0.6) is 0 Å². The van der Waals surface area contributed by atoms with Crippen molar-refractivity contribution in [2.45, 2.75) is 28.9 Å². The Bertz CT molecular complexity index is 372. The predicted octanol–water partition coefficient (Wildman–Crippen LogP) is 3.10. The highest BCUT2D eigenvalue weighted by Crippen LogP contribution is 2.50. The number of aliphatic hydroxyl groups is 2. The van der Waals surface area contributed by atoms with Gasteiger partial charge in [0.2, 0.25) is 5.60 Å². The third-order valence-electron chi connectivity index (χ3n) is 2.30. The van der Waals surface area contributed by atoms with E-state index in [2.05, 4.69) is 27.6 Å². The molecule has 0 saturated carbocycles. The first kappa shape index (κ1) is 15.6. The van der Waals surface area contributed by atoms with Crippen molar-refractivity contribution in [3.63, 3.8) is 0 Å². The van der Waals surface area contributed by atoms with Crippen molar-refractivity contribution in [1.29, 1.82) is 0 Å². The van der Waals surface area contributed by atoms with Crippen molar-refractivity contribution in [2.24, 2.45) is 0 Å². The summed E-state index contributed by atoms with van der Waals surface area (Å²) < 4.78 is 56.1. The summed E-state index contributed by atoms with van der Waals surface area (Å²) in [6, 6.07) is 2.46. The van der Waals surface area contributed by atoms with Gasteiger partial charge in [0, 0.05) is 6.42 Å². The van der Waals surface area contributed by atoms with Crippen LogP contribution >= 0.6 is 23.2 Å². The van der Waals surface area contributed by atoms with E-state index in [0.29, 0.717) is 0 Å². The normalized spacial score (nSPS) is 15.8. The highest BCUT2D eigenvalue weighted by atomic mass is 35.5. The molecule has 1 atom stereocenters. The van der Waals surface area contributed by atoms with Crippen LogP contribution < -0.4 is 0 Å². The lowest BCUT2D eigenvalue weighted by atomic mass is 9.95. The van der Waals surface area contributed by atoms with Crippen molar-refractivity contribution in [3.8, 4) is 0 Å². The van der Waals surface area contributed by atoms with Crippen molar-refractivity contribution in [1.82, 2.24) is 0 Å². The van der Waals surface area contributed by atoms with E-state index in [-0.39, 0.29) is 5.76 Å². The Morgan fingerprint density at radius 2 is 1.72 bits per heavy atom. The van der Waals surface area contributed by atoms with Crippen LogP contribution in [0, 0.1) is 0 Å². The van der Waals surface area contributed by atoms with E-state index in [1.807, 2.05) is 0 Å². The molecule has 1 rings (SSSR count). The highest BCUT2D eigenvalue weighted by molar-refractivity contribution is 6.26. The van der Waals surface area contributed by atoms with Gasteiger partial charge in [-0.1, -0.05) is 0 Å². The van der Waals surface area contributed by atoms with E-state index in [1.165, 1.54) is 6.07 Å². The molecule has 0 amide bonds. The summed E-state index contributed by atoms with van der Waals surface area (Å²) in [4.78, 5) is 0. The van der Waals surface area contributed by atoms with Crippen LogP contribution in [-0.4, -0.2) is 26.6 Å². The fraction of sp³-hybridized carbons (Fsp3) is 0.556. The average molecular weight is 311 g/mol. The topological polar surface area (TPSA) is 53.6 Å². The monoisotopic (exact) mass is 310 g/mol. The number of hydrogen-bond donors (Lipinski definition) is 2. The number of aliphatic hydroxyl groups excluding tert-OH is 1. The van der Waals surface area contributed by atoms with E-state index >= 15 is 0 Å². The molecule has 0 bridgehead atoms. The lowest BCUT2D eigenvalue weighted by molar-refractivity contribution is -0.230. The van der Waals surface area contributed by atoms with Gasteiger partial charge >= 0.3 is 10.8 Å². The van der Waals surface area contributed by atoms with Gasteiger partial charge in [-0.3, -0.25) is 0 Å². The molecule has 0 aliphatic heterocycles. The second-order valence-corrected chi connectivity index (χ2v) is 4.54. The third-order valence-corrected chi connectivity index (χ3v) is 2.92. The number of rotatable bonds is 5. The number of furan rings is 1. The van der Waals surface area contributed by atoms with E-state index in [1.54, 1.807) is 0 Å². The zero-order valence-electron chi connectivity index (χ0n) is 8.59. The molecule has 2 N–H and O–H groups in total. The molecule has 104 valence electrons. The molecule has 0 spiro atoms. The number of alkyl halides is 6. The maximum absolute atomic E-state index is 12.9. The highest BCUT2D eigenvalue weighted by Gasteiger charge is 2.67. The first-order valence-corrected chi connectivity index (χ1v) is 5.32. The quantitative estimate of drug-likeness (QED) is 0.649. The molecule has 3 nitrogen and oxygen atoms in total. The fourth-order valence-corrected chi connectivity index (χ4v) is 1.69. The van der Waals surface area contributed by atoms with Crippen LogP contribution in [-0.2, 0) is 0 Å². The molecule has 1 aromatic rings. The van der Waals surface area contributed by atoms with Gasteiger partial charge in [0.1, 0.15) is 11.9 Å². The second kappa shape index (κ2) is 4.88. The van der Waals surface area contributed by atoms with Crippen molar-refractivity contribution in [2.75, 3.05) is 0 Å². The minimum absolute atomic E-state index is 0.282. The molecule has 1 heterocycles. The van der Waals surface area contributed by atoms with Crippen LogP contribution in [0.15, 0.2) is 22.8 Å². The zero-order valence-corrected chi connectivity index (χ0v) is 10.1. The lowest BCUT2D eigenvalue weighted by Gasteiger charge is -2.35. The van der Waals surface area contributed by atoms with E-state index in [9.17, 15) is 27.8 Å². The molecule has 1 unspecified atom stereocenters. The molecule has 0 saturated heterocycles. The van der Waals surface area contributed by atoms with Crippen molar-refractivity contribution in [3.05, 3.63) is 24.2 Å². The van der Waals surface area contributed by atoms with Gasteiger partial charge in [0.25, 0.3) is 0 Å². The molecule has 1 aromatic heterocycles. The predicted molar refractivity (Wildman–Crippen MR) is 54.8 cm³/mol. The van der Waals surface area contributed by atoms with E-state index in [4.69, 9.17) is 0 Å². The number of hydrogen-bond acceptors (Lipinski definition) is 3. The van der Waals surface area contributed by atoms with Crippen LogP contribution in [0.2, 0.25) is 0 Å². The SMILES string of the molecule is OC(CC(O)(C(F)(F)Cl)C(F)(F)Cl)c1ccco1. The molecule has 0 aromatic carbocycles. The van der Waals surface area contributed by atoms with Crippen molar-refractivity contribution >= 4 is 23.2 Å². The third kappa shape index (κ3) is 2.90. The summed E-state index contributed by atoms with van der Waals surface area (Å²) in [6.07, 6.45) is -2.33. The Hall–Kier alpha value is -0.500. The molecule has 0 fully saturated rings. The smallest absolute Gasteiger partial charge is 0.357 e. The van der Waals surface area contributed by atoms with Gasteiger partial charge in [-0.25, -0.2) is 0 Å². The summed E-state index contributed by atoms with van der Waals surface area (Å²) in [5.41, 5.74) is -4.13. The Balaban J connectivity index is 3.01. The van der Waals surface area contributed by atoms with Crippen LogP contribution in [0.3, 0.4) is 0 Å². The van der Waals surface area contributed by atoms with E-state index in [0.717, 1.165) is 12.3 Å². The molecule has 9 heteroatoms. The fourth-order valence-electron chi connectivity index (χ4n) is 1.25. The van der Waals surface area contributed by atoms with Gasteiger partial charge in [-0.05, 0) is 35.3 Å². The zero-order chi connectivity index (χ0) is 14.2. The summed E-state index contributed by atoms with van der Waals surface area (Å²) >= 11 is 8.88. The molecule has 18 heavy (non-hydrogen) atoms. The van der Waals surface area contributed by atoms with Gasteiger partial charge in [-0.2, -0.15) is 17.6 Å².